The molecule has 1 aliphatic heterocycles. The molecule has 0 amide bonds. The number of rotatable bonds is 3. The lowest BCUT2D eigenvalue weighted by molar-refractivity contribution is -0.162. The number of hydrogen-bond acceptors (Lipinski definition) is 4. The summed E-state index contributed by atoms with van der Waals surface area (Å²) in [4.78, 5) is 0. The van der Waals surface area contributed by atoms with E-state index in [1.807, 2.05) is 13.8 Å². The van der Waals surface area contributed by atoms with Crippen LogP contribution in [-0.4, -0.2) is 42.9 Å². The van der Waals surface area contributed by atoms with Gasteiger partial charge in [0.05, 0.1) is 18.8 Å². The summed E-state index contributed by atoms with van der Waals surface area (Å²) < 4.78 is 16.7. The van der Waals surface area contributed by atoms with Crippen LogP contribution in [0.15, 0.2) is 0 Å². The normalized spacial score (nSPS) is 44.0. The molecule has 2 fully saturated rings. The first-order chi connectivity index (χ1) is 7.03. The maximum atomic E-state index is 9.65. The standard InChI is InChI=1S/C11H20O4/c1-11(2)14-9(6-13-3)10(15-11)7-4-5-8(7)12/h7-10,12H,4-6H2,1-3H3. The third-order valence-corrected chi connectivity index (χ3v) is 3.26. The minimum absolute atomic E-state index is 0.0244. The summed E-state index contributed by atoms with van der Waals surface area (Å²) in [6.07, 6.45) is 1.59. The van der Waals surface area contributed by atoms with E-state index in [2.05, 4.69) is 0 Å². The maximum Gasteiger partial charge on any atom is 0.163 e. The number of ether oxygens (including phenoxy) is 3. The van der Waals surface area contributed by atoms with Crippen molar-refractivity contribution < 1.29 is 19.3 Å². The van der Waals surface area contributed by atoms with Gasteiger partial charge < -0.3 is 19.3 Å². The Morgan fingerprint density at radius 1 is 1.33 bits per heavy atom. The zero-order valence-electron chi connectivity index (χ0n) is 9.60. The largest absolute Gasteiger partial charge is 0.393 e. The molecule has 0 spiro atoms. The van der Waals surface area contributed by atoms with Crippen LogP contribution >= 0.6 is 0 Å². The lowest BCUT2D eigenvalue weighted by Gasteiger charge is -2.37. The van der Waals surface area contributed by atoms with E-state index in [-0.39, 0.29) is 24.2 Å². The average molecular weight is 216 g/mol. The molecule has 1 saturated carbocycles. The molecule has 1 N–H and O–H groups in total. The zero-order chi connectivity index (χ0) is 11.1. The van der Waals surface area contributed by atoms with Crippen molar-refractivity contribution in [2.75, 3.05) is 13.7 Å². The SMILES string of the molecule is COCC1OC(C)(C)OC1C1CCC1O. The molecule has 1 heterocycles. The monoisotopic (exact) mass is 216 g/mol. The Kier molecular flexibility index (Phi) is 3.03. The molecular formula is C11H20O4. The van der Waals surface area contributed by atoms with E-state index < -0.39 is 5.79 Å². The Bertz CT molecular complexity index is 229. The topological polar surface area (TPSA) is 47.9 Å². The van der Waals surface area contributed by atoms with Gasteiger partial charge in [-0.3, -0.25) is 0 Å². The minimum atomic E-state index is -0.552. The minimum Gasteiger partial charge on any atom is -0.393 e. The predicted octanol–water partition coefficient (Wildman–Crippen LogP) is 0.924. The van der Waals surface area contributed by atoms with Crippen molar-refractivity contribution in [3.63, 3.8) is 0 Å². The fourth-order valence-corrected chi connectivity index (χ4v) is 2.41. The fraction of sp³-hybridized carbons (Fsp3) is 1.00. The Hall–Kier alpha value is -0.160. The van der Waals surface area contributed by atoms with Gasteiger partial charge in [-0.2, -0.15) is 0 Å². The third-order valence-electron chi connectivity index (χ3n) is 3.26. The molecule has 0 aromatic rings. The van der Waals surface area contributed by atoms with Crippen molar-refractivity contribution in [3.05, 3.63) is 0 Å². The van der Waals surface area contributed by atoms with E-state index in [9.17, 15) is 5.11 Å². The van der Waals surface area contributed by atoms with Gasteiger partial charge in [-0.05, 0) is 26.7 Å². The van der Waals surface area contributed by atoms with E-state index in [1.54, 1.807) is 7.11 Å². The highest BCUT2D eigenvalue weighted by atomic mass is 16.8. The van der Waals surface area contributed by atoms with Crippen LogP contribution in [0.25, 0.3) is 0 Å². The third kappa shape index (κ3) is 2.18. The second-order valence-corrected chi connectivity index (χ2v) is 4.90. The molecule has 88 valence electrons. The van der Waals surface area contributed by atoms with Crippen molar-refractivity contribution in [3.8, 4) is 0 Å². The van der Waals surface area contributed by atoms with Crippen molar-refractivity contribution in [1.82, 2.24) is 0 Å². The van der Waals surface area contributed by atoms with Gasteiger partial charge in [0.15, 0.2) is 5.79 Å². The van der Waals surface area contributed by atoms with Gasteiger partial charge >= 0.3 is 0 Å². The number of aliphatic hydroxyl groups excluding tert-OH is 1. The molecule has 0 bridgehead atoms. The van der Waals surface area contributed by atoms with E-state index in [1.165, 1.54) is 0 Å². The second kappa shape index (κ2) is 4.01. The number of methoxy groups -OCH3 is 1. The summed E-state index contributed by atoms with van der Waals surface area (Å²) in [6.45, 7) is 4.33. The van der Waals surface area contributed by atoms with Crippen LogP contribution in [0.5, 0.6) is 0 Å². The fourth-order valence-electron chi connectivity index (χ4n) is 2.41. The molecule has 2 aliphatic rings. The molecule has 0 aromatic heterocycles. The quantitative estimate of drug-likeness (QED) is 0.762. The van der Waals surface area contributed by atoms with Gasteiger partial charge in [0, 0.05) is 13.0 Å². The maximum absolute atomic E-state index is 9.65. The van der Waals surface area contributed by atoms with Gasteiger partial charge in [-0.15, -0.1) is 0 Å². The zero-order valence-corrected chi connectivity index (χ0v) is 9.60. The van der Waals surface area contributed by atoms with E-state index in [4.69, 9.17) is 14.2 Å². The van der Waals surface area contributed by atoms with Gasteiger partial charge in [0.25, 0.3) is 0 Å². The summed E-state index contributed by atoms with van der Waals surface area (Å²) in [6, 6.07) is 0. The van der Waals surface area contributed by atoms with Crippen LogP contribution in [0.3, 0.4) is 0 Å². The molecule has 0 aromatic carbocycles. The van der Waals surface area contributed by atoms with Crippen LogP contribution in [0, 0.1) is 5.92 Å². The first kappa shape index (κ1) is 11.3. The van der Waals surface area contributed by atoms with Crippen molar-refractivity contribution >= 4 is 0 Å². The van der Waals surface area contributed by atoms with Crippen LogP contribution in [-0.2, 0) is 14.2 Å². The van der Waals surface area contributed by atoms with Gasteiger partial charge in [-0.25, -0.2) is 0 Å². The summed E-state index contributed by atoms with van der Waals surface area (Å²) >= 11 is 0. The van der Waals surface area contributed by atoms with E-state index >= 15 is 0 Å². The van der Waals surface area contributed by atoms with Crippen LogP contribution in [0.2, 0.25) is 0 Å². The number of hydrogen-bond donors (Lipinski definition) is 1. The van der Waals surface area contributed by atoms with Gasteiger partial charge in [-0.1, -0.05) is 0 Å². The predicted molar refractivity (Wildman–Crippen MR) is 54.4 cm³/mol. The first-order valence-electron chi connectivity index (χ1n) is 5.56. The highest BCUT2D eigenvalue weighted by Crippen LogP contribution is 2.40. The Balaban J connectivity index is 2.01. The Labute approximate surface area is 90.5 Å². The van der Waals surface area contributed by atoms with Gasteiger partial charge in [0.2, 0.25) is 0 Å². The van der Waals surface area contributed by atoms with E-state index in [0.29, 0.717) is 6.61 Å². The molecule has 4 unspecified atom stereocenters. The molecule has 4 atom stereocenters. The molecule has 0 radical (unpaired) electrons. The lowest BCUT2D eigenvalue weighted by atomic mass is 9.76. The van der Waals surface area contributed by atoms with Crippen molar-refractivity contribution in [2.24, 2.45) is 5.92 Å². The smallest absolute Gasteiger partial charge is 0.163 e. The molecule has 1 aliphatic carbocycles. The second-order valence-electron chi connectivity index (χ2n) is 4.90. The van der Waals surface area contributed by atoms with E-state index in [0.717, 1.165) is 12.8 Å². The highest BCUT2D eigenvalue weighted by Gasteiger charge is 2.49. The molecule has 15 heavy (non-hydrogen) atoms. The molecule has 1 saturated heterocycles. The van der Waals surface area contributed by atoms with Crippen LogP contribution in [0.1, 0.15) is 26.7 Å². The van der Waals surface area contributed by atoms with Gasteiger partial charge in [0.1, 0.15) is 6.10 Å². The number of aliphatic hydroxyl groups is 1. The molecule has 4 heteroatoms. The summed E-state index contributed by atoms with van der Waals surface area (Å²) in [7, 11) is 1.66. The Morgan fingerprint density at radius 2 is 2.07 bits per heavy atom. The van der Waals surface area contributed by atoms with Crippen LogP contribution in [0.4, 0.5) is 0 Å². The molecule has 2 rings (SSSR count). The summed E-state index contributed by atoms with van der Waals surface area (Å²) in [5, 5.41) is 9.65. The molecular weight excluding hydrogens is 196 g/mol. The van der Waals surface area contributed by atoms with Crippen molar-refractivity contribution in [1.29, 1.82) is 0 Å². The Morgan fingerprint density at radius 3 is 2.53 bits per heavy atom. The summed E-state index contributed by atoms with van der Waals surface area (Å²) in [5.41, 5.74) is 0. The first-order valence-corrected chi connectivity index (χ1v) is 5.56. The highest BCUT2D eigenvalue weighted by molar-refractivity contribution is 4.94. The summed E-state index contributed by atoms with van der Waals surface area (Å²) in [5.74, 6) is -0.338. The van der Waals surface area contributed by atoms with Crippen LogP contribution < -0.4 is 0 Å². The molecule has 4 nitrogen and oxygen atoms in total. The lowest BCUT2D eigenvalue weighted by Crippen LogP contribution is -2.46. The van der Waals surface area contributed by atoms with Crippen molar-refractivity contribution in [2.45, 2.75) is 50.8 Å². The average Bonchev–Trinajstić information content (AvgIpc) is 2.40.